The number of amides is 2. The second-order valence-corrected chi connectivity index (χ2v) is 12.9. The van der Waals surface area contributed by atoms with Gasteiger partial charge in [0.15, 0.2) is 0 Å². The van der Waals surface area contributed by atoms with E-state index in [2.05, 4.69) is 10.6 Å². The van der Waals surface area contributed by atoms with Crippen molar-refractivity contribution in [2.24, 2.45) is 0 Å². The Balaban J connectivity index is 1.35. The Bertz CT molecular complexity index is 1820. The number of nitrogens with zero attached hydrogens (tertiary/aromatic N) is 2. The van der Waals surface area contributed by atoms with Crippen molar-refractivity contribution in [2.45, 2.75) is 11.4 Å². The van der Waals surface area contributed by atoms with Crippen LogP contribution in [0, 0.1) is 0 Å². The Morgan fingerprint density at radius 3 is 2.25 bits per heavy atom. The van der Waals surface area contributed by atoms with Crippen LogP contribution in [0.2, 0.25) is 10.0 Å². The van der Waals surface area contributed by atoms with Crippen molar-refractivity contribution >= 4 is 67.5 Å². The van der Waals surface area contributed by atoms with Gasteiger partial charge in [0.25, 0.3) is 21.8 Å². The monoisotopic (exact) mass is 654 g/mol. The van der Waals surface area contributed by atoms with Crippen LogP contribution in [0.3, 0.4) is 0 Å². The summed E-state index contributed by atoms with van der Waals surface area (Å²) in [5, 5.41) is 16.9. The van der Waals surface area contributed by atoms with Crippen molar-refractivity contribution in [3.8, 4) is 0 Å². The standard InChI is InChI=1S/C31H28Cl2N4O6S/c32-23-15-24(33)17-26(16-23)44(42,43)37(19-29(38)39)25-8-9-27-22(14-25)2-1-3-28(27)30(40)35-18-20-4-6-21(7-5-20)31(41)36-12-10-34-11-13-36/h1-9,14-17,34H,10-13,18-19H2,(H,35,40)(H,38,39). The molecule has 0 aromatic heterocycles. The second kappa shape index (κ2) is 13.2. The Morgan fingerprint density at radius 1 is 0.909 bits per heavy atom. The number of carbonyl (C=O) groups is 3. The van der Waals surface area contributed by atoms with Crippen molar-refractivity contribution in [3.05, 3.63) is 106 Å². The highest BCUT2D eigenvalue weighted by atomic mass is 35.5. The number of sulfonamides is 1. The van der Waals surface area contributed by atoms with E-state index in [9.17, 15) is 27.9 Å². The van der Waals surface area contributed by atoms with E-state index in [0.717, 1.165) is 23.0 Å². The number of piperazine rings is 1. The molecule has 4 aromatic rings. The molecule has 5 rings (SSSR count). The molecule has 13 heteroatoms. The van der Waals surface area contributed by atoms with Crippen molar-refractivity contribution in [1.29, 1.82) is 0 Å². The average molecular weight is 656 g/mol. The highest BCUT2D eigenvalue weighted by Crippen LogP contribution is 2.31. The molecule has 0 aliphatic carbocycles. The number of hydrogen-bond donors (Lipinski definition) is 3. The summed E-state index contributed by atoms with van der Waals surface area (Å²) in [7, 11) is -4.37. The summed E-state index contributed by atoms with van der Waals surface area (Å²) in [5.74, 6) is -1.74. The summed E-state index contributed by atoms with van der Waals surface area (Å²) in [5.41, 5.74) is 1.84. The van der Waals surface area contributed by atoms with E-state index < -0.39 is 22.5 Å². The number of fused-ring (bicyclic) bond motifs is 1. The van der Waals surface area contributed by atoms with Crippen LogP contribution >= 0.6 is 23.2 Å². The van der Waals surface area contributed by atoms with Gasteiger partial charge in [0, 0.05) is 53.9 Å². The number of carbonyl (C=O) groups excluding carboxylic acids is 2. The van der Waals surface area contributed by atoms with Gasteiger partial charge in [-0.2, -0.15) is 0 Å². The maximum atomic E-state index is 13.5. The number of halogens is 2. The highest BCUT2D eigenvalue weighted by Gasteiger charge is 2.28. The Kier molecular flexibility index (Phi) is 9.40. The van der Waals surface area contributed by atoms with Gasteiger partial charge in [-0.3, -0.25) is 18.7 Å². The number of carboxylic acids is 1. The molecule has 0 radical (unpaired) electrons. The molecule has 1 aliphatic rings. The Hall–Kier alpha value is -4.16. The van der Waals surface area contributed by atoms with Gasteiger partial charge in [0.1, 0.15) is 6.54 Å². The summed E-state index contributed by atoms with van der Waals surface area (Å²) in [6.07, 6.45) is 0. The lowest BCUT2D eigenvalue weighted by Gasteiger charge is -2.27. The molecular weight excluding hydrogens is 627 g/mol. The number of nitrogens with one attached hydrogen (secondary N) is 2. The van der Waals surface area contributed by atoms with Crippen LogP contribution in [-0.4, -0.2) is 68.9 Å². The minimum Gasteiger partial charge on any atom is -0.480 e. The number of rotatable bonds is 9. The summed E-state index contributed by atoms with van der Waals surface area (Å²) >= 11 is 12.0. The summed E-state index contributed by atoms with van der Waals surface area (Å²) in [6.45, 7) is 2.23. The van der Waals surface area contributed by atoms with Crippen LogP contribution in [-0.2, 0) is 21.4 Å². The molecule has 0 spiro atoms. The van der Waals surface area contributed by atoms with Crippen LogP contribution in [0.5, 0.6) is 0 Å². The van der Waals surface area contributed by atoms with Gasteiger partial charge in [-0.15, -0.1) is 0 Å². The molecule has 0 saturated carbocycles. The summed E-state index contributed by atoms with van der Waals surface area (Å²) in [4.78, 5) is 39.1. The van der Waals surface area contributed by atoms with E-state index in [1.54, 1.807) is 48.5 Å². The largest absolute Gasteiger partial charge is 0.480 e. The number of anilines is 1. The Morgan fingerprint density at radius 2 is 1.59 bits per heavy atom. The zero-order valence-corrected chi connectivity index (χ0v) is 25.6. The molecule has 10 nitrogen and oxygen atoms in total. The fourth-order valence-corrected chi connectivity index (χ4v) is 7.09. The molecule has 3 N–H and O–H groups in total. The smallest absolute Gasteiger partial charge is 0.324 e. The maximum Gasteiger partial charge on any atom is 0.324 e. The van der Waals surface area contributed by atoms with Gasteiger partial charge in [0.05, 0.1) is 10.6 Å². The topological polar surface area (TPSA) is 136 Å². The van der Waals surface area contributed by atoms with Gasteiger partial charge >= 0.3 is 5.97 Å². The van der Waals surface area contributed by atoms with E-state index in [4.69, 9.17) is 23.2 Å². The van der Waals surface area contributed by atoms with Gasteiger partial charge in [-0.05, 0) is 64.9 Å². The van der Waals surface area contributed by atoms with Gasteiger partial charge < -0.3 is 20.6 Å². The first-order valence-corrected chi connectivity index (χ1v) is 15.8. The second-order valence-electron chi connectivity index (χ2n) is 10.1. The first kappa shape index (κ1) is 31.3. The van der Waals surface area contributed by atoms with E-state index >= 15 is 0 Å². The highest BCUT2D eigenvalue weighted by molar-refractivity contribution is 7.92. The molecule has 1 heterocycles. The van der Waals surface area contributed by atoms with E-state index in [1.807, 2.05) is 4.90 Å². The van der Waals surface area contributed by atoms with E-state index in [-0.39, 0.29) is 39.0 Å². The lowest BCUT2D eigenvalue weighted by Crippen LogP contribution is -2.46. The molecule has 44 heavy (non-hydrogen) atoms. The molecular formula is C31H28Cl2N4O6S. The Labute approximate surface area is 264 Å². The number of hydrogen-bond acceptors (Lipinski definition) is 6. The zero-order valence-electron chi connectivity index (χ0n) is 23.3. The van der Waals surface area contributed by atoms with Crippen molar-refractivity contribution in [1.82, 2.24) is 15.5 Å². The average Bonchev–Trinajstić information content (AvgIpc) is 3.01. The normalized spacial score (nSPS) is 13.5. The fraction of sp³-hybridized carbons (Fsp3) is 0.194. The van der Waals surface area contributed by atoms with Crippen molar-refractivity contribution in [2.75, 3.05) is 37.0 Å². The van der Waals surface area contributed by atoms with Crippen molar-refractivity contribution in [3.63, 3.8) is 0 Å². The quantitative estimate of drug-likeness (QED) is 0.243. The molecule has 1 aliphatic heterocycles. The predicted octanol–water partition coefficient (Wildman–Crippen LogP) is 4.40. The SMILES string of the molecule is O=C(O)CN(c1ccc2c(C(=O)NCc3ccc(C(=O)N4CCNCC4)cc3)cccc2c1)S(=O)(=O)c1cc(Cl)cc(Cl)c1. The predicted molar refractivity (Wildman–Crippen MR) is 169 cm³/mol. The minimum absolute atomic E-state index is 0.0247. The number of carboxylic acid groups (broad SMARTS) is 1. The minimum atomic E-state index is -4.37. The summed E-state index contributed by atoms with van der Waals surface area (Å²) < 4.78 is 27.8. The molecule has 1 saturated heterocycles. The van der Waals surface area contributed by atoms with Crippen molar-refractivity contribution < 1.29 is 27.9 Å². The zero-order chi connectivity index (χ0) is 31.4. The van der Waals surface area contributed by atoms with Gasteiger partial charge in [-0.1, -0.05) is 53.5 Å². The number of benzene rings is 4. The molecule has 2 amide bonds. The third-order valence-electron chi connectivity index (χ3n) is 7.16. The molecule has 0 atom stereocenters. The third kappa shape index (κ3) is 6.97. The molecule has 0 unspecified atom stereocenters. The summed E-state index contributed by atoms with van der Waals surface area (Å²) in [6, 6.07) is 20.4. The van der Waals surface area contributed by atoms with Crippen LogP contribution in [0.1, 0.15) is 26.3 Å². The first-order chi connectivity index (χ1) is 21.0. The lowest BCUT2D eigenvalue weighted by atomic mass is 10.0. The lowest BCUT2D eigenvalue weighted by molar-refractivity contribution is -0.135. The molecule has 0 bridgehead atoms. The van der Waals surface area contributed by atoms with E-state index in [1.165, 1.54) is 30.3 Å². The maximum absolute atomic E-state index is 13.5. The molecule has 4 aromatic carbocycles. The van der Waals surface area contributed by atoms with Crippen LogP contribution in [0.25, 0.3) is 10.8 Å². The van der Waals surface area contributed by atoms with Crippen LogP contribution in [0.15, 0.2) is 83.8 Å². The number of aliphatic carboxylic acids is 1. The fourth-order valence-electron chi connectivity index (χ4n) is 4.96. The van der Waals surface area contributed by atoms with E-state index in [0.29, 0.717) is 35.0 Å². The van der Waals surface area contributed by atoms with Gasteiger partial charge in [0.2, 0.25) is 0 Å². The van der Waals surface area contributed by atoms with Crippen LogP contribution < -0.4 is 14.9 Å². The first-order valence-electron chi connectivity index (χ1n) is 13.6. The molecule has 1 fully saturated rings. The molecule has 228 valence electrons. The van der Waals surface area contributed by atoms with Gasteiger partial charge in [-0.25, -0.2) is 8.42 Å². The third-order valence-corrected chi connectivity index (χ3v) is 9.35. The van der Waals surface area contributed by atoms with Crippen LogP contribution in [0.4, 0.5) is 5.69 Å².